The van der Waals surface area contributed by atoms with E-state index in [9.17, 15) is 9.59 Å². The number of nitrogens with one attached hydrogen (secondary N) is 1. The molecule has 6 heteroatoms. The number of nitrogens with zero attached hydrogens (tertiary/aromatic N) is 1. The fraction of sp³-hybridized carbons (Fsp3) is 0.429. The first-order chi connectivity index (χ1) is 9.38. The van der Waals surface area contributed by atoms with E-state index < -0.39 is 11.9 Å². The molecule has 5 nitrogen and oxygen atoms in total. The summed E-state index contributed by atoms with van der Waals surface area (Å²) >= 11 is 3.37. The number of likely N-dealkylation sites (tertiary alicyclic amines) is 1. The maximum absolute atomic E-state index is 12.2. The van der Waals surface area contributed by atoms with Crippen molar-refractivity contribution in [3.8, 4) is 0 Å². The number of anilines is 1. The summed E-state index contributed by atoms with van der Waals surface area (Å²) in [6, 6.07) is 5.40. The Labute approximate surface area is 126 Å². The van der Waals surface area contributed by atoms with Gasteiger partial charge in [-0.2, -0.15) is 0 Å². The van der Waals surface area contributed by atoms with Crippen molar-refractivity contribution >= 4 is 33.6 Å². The number of carboxylic acid groups (broad SMARTS) is 1. The first-order valence-electron chi connectivity index (χ1n) is 6.43. The maximum Gasteiger partial charge on any atom is 0.321 e. The lowest BCUT2D eigenvalue weighted by atomic mass is 9.99. The van der Waals surface area contributed by atoms with Gasteiger partial charge in [-0.25, -0.2) is 4.79 Å². The summed E-state index contributed by atoms with van der Waals surface area (Å²) in [6.45, 7) is 4.50. The molecule has 20 heavy (non-hydrogen) atoms. The number of aryl methyl sites for hydroxylation is 1. The summed E-state index contributed by atoms with van der Waals surface area (Å²) in [6.07, 6.45) is 0. The second-order valence-corrected chi connectivity index (χ2v) is 6.13. The van der Waals surface area contributed by atoms with Crippen molar-refractivity contribution in [1.29, 1.82) is 0 Å². The molecule has 1 heterocycles. The number of benzene rings is 1. The van der Waals surface area contributed by atoms with Gasteiger partial charge >= 0.3 is 12.0 Å². The Morgan fingerprint density at radius 1 is 1.40 bits per heavy atom. The second kappa shape index (κ2) is 5.83. The zero-order valence-corrected chi connectivity index (χ0v) is 13.0. The summed E-state index contributed by atoms with van der Waals surface area (Å²) in [4.78, 5) is 24.8. The second-order valence-electron chi connectivity index (χ2n) is 5.22. The maximum atomic E-state index is 12.2. The molecular weight excluding hydrogens is 324 g/mol. The number of hydrogen-bond acceptors (Lipinski definition) is 2. The lowest BCUT2D eigenvalue weighted by Crippen LogP contribution is -2.34. The number of hydrogen-bond donors (Lipinski definition) is 2. The van der Waals surface area contributed by atoms with E-state index in [1.54, 1.807) is 4.90 Å². The molecule has 1 aliphatic rings. The average molecular weight is 341 g/mol. The lowest BCUT2D eigenvalue weighted by molar-refractivity contribution is -0.142. The third-order valence-electron chi connectivity index (χ3n) is 3.66. The summed E-state index contributed by atoms with van der Waals surface area (Å²) in [5, 5.41) is 11.9. The van der Waals surface area contributed by atoms with E-state index in [1.165, 1.54) is 0 Å². The Kier molecular flexibility index (Phi) is 4.32. The van der Waals surface area contributed by atoms with E-state index in [1.807, 2.05) is 32.0 Å². The number of amides is 2. The fourth-order valence-electron chi connectivity index (χ4n) is 2.38. The molecular formula is C14H17BrN2O3. The predicted molar refractivity (Wildman–Crippen MR) is 79.8 cm³/mol. The van der Waals surface area contributed by atoms with Gasteiger partial charge in [-0.1, -0.05) is 28.9 Å². The molecule has 1 fully saturated rings. The number of carbonyl (C=O) groups is 2. The van der Waals surface area contributed by atoms with Gasteiger partial charge in [0.05, 0.1) is 5.92 Å². The van der Waals surface area contributed by atoms with Crippen LogP contribution >= 0.6 is 15.9 Å². The van der Waals surface area contributed by atoms with Crippen LogP contribution in [0.15, 0.2) is 22.7 Å². The molecule has 0 aromatic heterocycles. The molecule has 2 unspecified atom stereocenters. The van der Waals surface area contributed by atoms with Gasteiger partial charge in [0.15, 0.2) is 0 Å². The van der Waals surface area contributed by atoms with Gasteiger partial charge in [-0.05, 0) is 30.5 Å². The summed E-state index contributed by atoms with van der Waals surface area (Å²) in [7, 11) is 0. The van der Waals surface area contributed by atoms with Crippen LogP contribution in [0.1, 0.15) is 12.5 Å². The third-order valence-corrected chi connectivity index (χ3v) is 4.15. The fourth-order valence-corrected chi connectivity index (χ4v) is 2.74. The minimum atomic E-state index is -0.841. The first-order valence-corrected chi connectivity index (χ1v) is 7.22. The number of aliphatic carboxylic acids is 1. The molecule has 0 radical (unpaired) electrons. The highest BCUT2D eigenvalue weighted by Crippen LogP contribution is 2.25. The third kappa shape index (κ3) is 3.12. The lowest BCUT2D eigenvalue weighted by Gasteiger charge is -2.18. The largest absolute Gasteiger partial charge is 0.481 e. The van der Waals surface area contributed by atoms with Crippen molar-refractivity contribution < 1.29 is 14.7 Å². The Morgan fingerprint density at radius 2 is 2.10 bits per heavy atom. The highest BCUT2D eigenvalue weighted by molar-refractivity contribution is 9.10. The Morgan fingerprint density at radius 3 is 2.70 bits per heavy atom. The number of rotatable bonds is 2. The molecule has 0 saturated carbocycles. The molecule has 0 spiro atoms. The van der Waals surface area contributed by atoms with Crippen molar-refractivity contribution in [2.75, 3.05) is 18.4 Å². The Balaban J connectivity index is 2.06. The van der Waals surface area contributed by atoms with Crippen LogP contribution in [0.25, 0.3) is 0 Å². The summed E-state index contributed by atoms with van der Waals surface area (Å²) < 4.78 is 0.886. The number of carbonyl (C=O) groups excluding carboxylic acids is 1. The zero-order chi connectivity index (χ0) is 14.9. The highest BCUT2D eigenvalue weighted by atomic mass is 79.9. The van der Waals surface area contributed by atoms with E-state index in [-0.39, 0.29) is 18.5 Å². The number of urea groups is 1. The number of halogens is 1. The van der Waals surface area contributed by atoms with E-state index >= 15 is 0 Å². The minimum absolute atomic E-state index is 0.0261. The van der Waals surface area contributed by atoms with Crippen LogP contribution in [-0.4, -0.2) is 35.1 Å². The highest BCUT2D eigenvalue weighted by Gasteiger charge is 2.37. The quantitative estimate of drug-likeness (QED) is 0.869. The molecule has 1 aromatic carbocycles. The zero-order valence-electron chi connectivity index (χ0n) is 11.4. The average Bonchev–Trinajstić information content (AvgIpc) is 2.76. The van der Waals surface area contributed by atoms with Crippen LogP contribution in [0.2, 0.25) is 0 Å². The normalized spacial score (nSPS) is 21.9. The van der Waals surface area contributed by atoms with Crippen LogP contribution in [0.4, 0.5) is 10.5 Å². The van der Waals surface area contributed by atoms with E-state index in [0.29, 0.717) is 6.54 Å². The Bertz CT molecular complexity index is 547. The molecule has 2 N–H and O–H groups in total. The van der Waals surface area contributed by atoms with Crippen LogP contribution in [0.5, 0.6) is 0 Å². The first kappa shape index (κ1) is 14.8. The van der Waals surface area contributed by atoms with E-state index in [4.69, 9.17) is 5.11 Å². The minimum Gasteiger partial charge on any atom is -0.481 e. The SMILES string of the molecule is Cc1ccc(Br)cc1NC(=O)N1CC(C)C(C(=O)O)C1. The smallest absolute Gasteiger partial charge is 0.321 e. The van der Waals surface area contributed by atoms with Gasteiger partial charge in [0, 0.05) is 23.2 Å². The monoisotopic (exact) mass is 340 g/mol. The molecule has 2 amide bonds. The molecule has 1 saturated heterocycles. The van der Waals surface area contributed by atoms with Crippen LogP contribution < -0.4 is 5.32 Å². The number of carboxylic acids is 1. The van der Waals surface area contributed by atoms with Crippen LogP contribution in [0, 0.1) is 18.8 Å². The molecule has 0 aliphatic carbocycles. The van der Waals surface area contributed by atoms with Gasteiger partial charge in [0.25, 0.3) is 0 Å². The van der Waals surface area contributed by atoms with Gasteiger partial charge < -0.3 is 15.3 Å². The molecule has 2 rings (SSSR count). The predicted octanol–water partition coefficient (Wildman–Crippen LogP) is 2.94. The standard InChI is InChI=1S/C14H17BrN2O3/c1-8-3-4-10(15)5-12(8)16-14(20)17-6-9(2)11(7-17)13(18)19/h3-5,9,11H,6-7H2,1-2H3,(H,16,20)(H,18,19). The van der Waals surface area contributed by atoms with Crippen molar-refractivity contribution in [2.45, 2.75) is 13.8 Å². The summed E-state index contributed by atoms with van der Waals surface area (Å²) in [5.74, 6) is -1.35. The van der Waals surface area contributed by atoms with Crippen LogP contribution in [-0.2, 0) is 4.79 Å². The van der Waals surface area contributed by atoms with E-state index in [2.05, 4.69) is 21.2 Å². The van der Waals surface area contributed by atoms with E-state index in [0.717, 1.165) is 15.7 Å². The van der Waals surface area contributed by atoms with Crippen molar-refractivity contribution in [2.24, 2.45) is 11.8 Å². The molecule has 108 valence electrons. The van der Waals surface area contributed by atoms with Crippen molar-refractivity contribution in [3.05, 3.63) is 28.2 Å². The van der Waals surface area contributed by atoms with Gasteiger partial charge in [0.2, 0.25) is 0 Å². The van der Waals surface area contributed by atoms with Gasteiger partial charge in [-0.3, -0.25) is 4.79 Å². The van der Waals surface area contributed by atoms with Crippen molar-refractivity contribution in [1.82, 2.24) is 4.90 Å². The van der Waals surface area contributed by atoms with Gasteiger partial charge in [0.1, 0.15) is 0 Å². The van der Waals surface area contributed by atoms with Gasteiger partial charge in [-0.15, -0.1) is 0 Å². The molecule has 1 aliphatic heterocycles. The van der Waals surface area contributed by atoms with Crippen LogP contribution in [0.3, 0.4) is 0 Å². The van der Waals surface area contributed by atoms with Crippen molar-refractivity contribution in [3.63, 3.8) is 0 Å². The Hall–Kier alpha value is -1.56. The topological polar surface area (TPSA) is 69.6 Å². The molecule has 0 bridgehead atoms. The summed E-state index contributed by atoms with van der Waals surface area (Å²) in [5.41, 5.74) is 1.69. The molecule has 2 atom stereocenters. The molecule has 1 aromatic rings.